The number of amides is 1. The van der Waals surface area contributed by atoms with Crippen LogP contribution in [0.5, 0.6) is 0 Å². The van der Waals surface area contributed by atoms with Gasteiger partial charge in [-0.15, -0.1) is 0 Å². The van der Waals surface area contributed by atoms with Crippen molar-refractivity contribution in [3.8, 4) is 0 Å². The molecule has 146 valence electrons. The number of nitrogens with zero attached hydrogens (tertiary/aromatic N) is 2. The summed E-state index contributed by atoms with van der Waals surface area (Å²) < 4.78 is 42.8. The van der Waals surface area contributed by atoms with Crippen LogP contribution in [-0.2, 0) is 6.18 Å². The van der Waals surface area contributed by atoms with Crippen molar-refractivity contribution in [1.29, 1.82) is 0 Å². The van der Waals surface area contributed by atoms with Gasteiger partial charge in [0, 0.05) is 18.0 Å². The van der Waals surface area contributed by atoms with Crippen molar-refractivity contribution >= 4 is 28.5 Å². The maximum Gasteiger partial charge on any atom is 0.416 e. The van der Waals surface area contributed by atoms with E-state index in [-0.39, 0.29) is 22.7 Å². The molecule has 0 saturated heterocycles. The van der Waals surface area contributed by atoms with Crippen molar-refractivity contribution < 1.29 is 27.3 Å². The lowest BCUT2D eigenvalue weighted by Gasteiger charge is -2.09. The molecule has 10 heteroatoms. The average molecular weight is 401 g/mol. The van der Waals surface area contributed by atoms with Crippen LogP contribution in [0.1, 0.15) is 32.2 Å². The number of benzene rings is 1. The van der Waals surface area contributed by atoms with Crippen LogP contribution in [0.4, 0.5) is 18.9 Å². The minimum atomic E-state index is -4.46. The van der Waals surface area contributed by atoms with Gasteiger partial charge in [-0.25, -0.2) is 0 Å². The van der Waals surface area contributed by atoms with Gasteiger partial charge in [-0.1, -0.05) is 16.9 Å². The summed E-state index contributed by atoms with van der Waals surface area (Å²) in [5.41, 5.74) is -0.806. The number of rotatable bonds is 6. The summed E-state index contributed by atoms with van der Waals surface area (Å²) in [4.78, 5) is 26.7. The molecule has 0 radical (unpaired) electrons. The molecule has 1 heterocycles. The van der Waals surface area contributed by atoms with Crippen LogP contribution in [-0.4, -0.2) is 47.5 Å². The molecule has 0 unspecified atom stereocenters. The molecule has 1 amide bonds. The van der Waals surface area contributed by atoms with Gasteiger partial charge in [0.15, 0.2) is 5.69 Å². The number of hydrogen-bond donors (Lipinski definition) is 1. The third kappa shape index (κ3) is 5.57. The van der Waals surface area contributed by atoms with Crippen LogP contribution in [0.2, 0.25) is 0 Å². The van der Waals surface area contributed by atoms with E-state index in [0.717, 1.165) is 36.0 Å². The number of aryl methyl sites for hydroxylation is 1. The number of hydrogen-bond acceptors (Lipinski definition) is 6. The van der Waals surface area contributed by atoms with E-state index < -0.39 is 22.8 Å². The normalized spacial score (nSPS) is 11.7. The van der Waals surface area contributed by atoms with Gasteiger partial charge in [0.25, 0.3) is 5.91 Å². The zero-order valence-corrected chi connectivity index (χ0v) is 15.7. The average Bonchev–Trinajstić information content (AvgIpc) is 2.96. The van der Waals surface area contributed by atoms with E-state index in [9.17, 15) is 22.8 Å². The SMILES string of the molecule is Cc1onc(C(=O)SCCN(C)C)c1C(=O)Nc1ccc(C(F)(F)F)cc1. The Morgan fingerprint density at radius 2 is 1.85 bits per heavy atom. The van der Waals surface area contributed by atoms with E-state index >= 15 is 0 Å². The van der Waals surface area contributed by atoms with Crippen LogP contribution < -0.4 is 5.32 Å². The summed E-state index contributed by atoms with van der Waals surface area (Å²) in [6, 6.07) is 3.99. The van der Waals surface area contributed by atoms with Gasteiger partial charge < -0.3 is 14.7 Å². The second-order valence-corrected chi connectivity index (χ2v) is 7.00. The van der Waals surface area contributed by atoms with Gasteiger partial charge in [-0.2, -0.15) is 13.2 Å². The van der Waals surface area contributed by atoms with Crippen molar-refractivity contribution in [3.63, 3.8) is 0 Å². The van der Waals surface area contributed by atoms with Crippen molar-refractivity contribution in [2.45, 2.75) is 13.1 Å². The predicted octanol–water partition coefficient (Wildman–Crippen LogP) is 3.69. The molecule has 2 rings (SSSR count). The number of nitrogens with one attached hydrogen (secondary N) is 1. The number of alkyl halides is 3. The summed E-state index contributed by atoms with van der Waals surface area (Å²) in [6.45, 7) is 2.15. The first-order chi connectivity index (χ1) is 12.6. The Kier molecular flexibility index (Phi) is 6.66. The molecule has 0 spiro atoms. The Balaban J connectivity index is 2.12. The summed E-state index contributed by atoms with van der Waals surface area (Å²) in [7, 11) is 3.74. The van der Waals surface area contributed by atoms with E-state index in [1.54, 1.807) is 0 Å². The number of anilines is 1. The smallest absolute Gasteiger partial charge is 0.360 e. The van der Waals surface area contributed by atoms with E-state index in [0.29, 0.717) is 12.3 Å². The first-order valence-corrected chi connectivity index (χ1v) is 8.85. The maximum absolute atomic E-state index is 12.6. The molecule has 1 N–H and O–H groups in total. The second kappa shape index (κ2) is 8.57. The van der Waals surface area contributed by atoms with Crippen LogP contribution >= 0.6 is 11.8 Å². The molecule has 27 heavy (non-hydrogen) atoms. The van der Waals surface area contributed by atoms with Crippen LogP contribution in [0.25, 0.3) is 0 Å². The van der Waals surface area contributed by atoms with Gasteiger partial charge in [-0.05, 0) is 45.3 Å². The Morgan fingerprint density at radius 1 is 1.22 bits per heavy atom. The number of carbonyl (C=O) groups is 2. The van der Waals surface area contributed by atoms with E-state index in [1.165, 1.54) is 6.92 Å². The predicted molar refractivity (Wildman–Crippen MR) is 96.0 cm³/mol. The molecule has 0 aliphatic rings. The van der Waals surface area contributed by atoms with Crippen molar-refractivity contribution in [3.05, 3.63) is 46.8 Å². The van der Waals surface area contributed by atoms with Gasteiger partial charge >= 0.3 is 6.18 Å². The molecule has 0 aliphatic heterocycles. The fourth-order valence-electron chi connectivity index (χ4n) is 2.10. The summed E-state index contributed by atoms with van der Waals surface area (Å²) in [5.74, 6) is -0.0152. The lowest BCUT2D eigenvalue weighted by molar-refractivity contribution is -0.137. The van der Waals surface area contributed by atoms with E-state index in [4.69, 9.17) is 4.52 Å². The molecule has 0 fully saturated rings. The van der Waals surface area contributed by atoms with Gasteiger partial charge in [0.05, 0.1) is 5.56 Å². The van der Waals surface area contributed by atoms with Gasteiger partial charge in [0.1, 0.15) is 11.3 Å². The number of thioether (sulfide) groups is 1. The highest BCUT2D eigenvalue weighted by Gasteiger charge is 2.30. The van der Waals surface area contributed by atoms with Crippen LogP contribution in [0.3, 0.4) is 0 Å². The zero-order valence-electron chi connectivity index (χ0n) is 14.9. The number of halogens is 3. The van der Waals surface area contributed by atoms with Gasteiger partial charge in [0.2, 0.25) is 5.12 Å². The van der Waals surface area contributed by atoms with Crippen molar-refractivity contribution in [1.82, 2.24) is 10.1 Å². The van der Waals surface area contributed by atoms with E-state index in [2.05, 4.69) is 10.5 Å². The Hall–Kier alpha value is -2.33. The summed E-state index contributed by atoms with van der Waals surface area (Å²) in [6.07, 6.45) is -4.46. The molecule has 0 atom stereocenters. The standard InChI is InChI=1S/C17H18F3N3O3S/c1-10-13(14(22-26-10)16(25)27-9-8-23(2)3)15(24)21-12-6-4-11(5-7-12)17(18,19)20/h4-7H,8-9H2,1-3H3,(H,21,24). The Morgan fingerprint density at radius 3 is 2.41 bits per heavy atom. The highest BCUT2D eigenvalue weighted by atomic mass is 32.2. The largest absolute Gasteiger partial charge is 0.416 e. The zero-order chi connectivity index (χ0) is 20.2. The van der Waals surface area contributed by atoms with E-state index in [1.807, 2.05) is 19.0 Å². The summed E-state index contributed by atoms with van der Waals surface area (Å²) in [5, 5.41) is 5.70. The van der Waals surface area contributed by atoms with Gasteiger partial charge in [-0.3, -0.25) is 9.59 Å². The number of aromatic nitrogens is 1. The quantitative estimate of drug-likeness (QED) is 0.796. The molecule has 0 aliphatic carbocycles. The molecular formula is C17H18F3N3O3S. The molecular weight excluding hydrogens is 383 g/mol. The fourth-order valence-corrected chi connectivity index (χ4v) is 3.02. The molecule has 1 aromatic heterocycles. The highest BCUT2D eigenvalue weighted by molar-refractivity contribution is 8.14. The third-order valence-corrected chi connectivity index (χ3v) is 4.37. The molecule has 2 aromatic rings. The molecule has 6 nitrogen and oxygen atoms in total. The van der Waals surface area contributed by atoms with Crippen LogP contribution in [0.15, 0.2) is 28.8 Å². The number of carbonyl (C=O) groups excluding carboxylic acids is 2. The van der Waals surface area contributed by atoms with Crippen LogP contribution in [0, 0.1) is 6.92 Å². The second-order valence-electron chi connectivity index (χ2n) is 5.93. The summed E-state index contributed by atoms with van der Waals surface area (Å²) >= 11 is 1.01. The topological polar surface area (TPSA) is 75.4 Å². The minimum Gasteiger partial charge on any atom is -0.360 e. The molecule has 0 bridgehead atoms. The first kappa shape index (κ1) is 21.0. The van der Waals surface area contributed by atoms with Crippen molar-refractivity contribution in [2.75, 3.05) is 31.7 Å². The fraction of sp³-hybridized carbons (Fsp3) is 0.353. The van der Waals surface area contributed by atoms with Crippen molar-refractivity contribution in [2.24, 2.45) is 0 Å². The minimum absolute atomic E-state index is 0.0303. The molecule has 1 aromatic carbocycles. The lowest BCUT2D eigenvalue weighted by Crippen LogP contribution is -2.18. The third-order valence-electron chi connectivity index (χ3n) is 3.52. The Labute approximate surface area is 158 Å². The Bertz CT molecular complexity index is 817. The lowest BCUT2D eigenvalue weighted by atomic mass is 10.1. The maximum atomic E-state index is 12.6. The highest BCUT2D eigenvalue weighted by Crippen LogP contribution is 2.30. The first-order valence-electron chi connectivity index (χ1n) is 7.86. The molecule has 0 saturated carbocycles. The monoisotopic (exact) mass is 401 g/mol.